The van der Waals surface area contributed by atoms with Gasteiger partial charge in [-0.05, 0) is 47.9 Å². The number of halogens is 24. The molecule has 0 atom stereocenters. The van der Waals surface area contributed by atoms with Crippen molar-refractivity contribution >= 4 is 50.5 Å². The molecule has 1 heterocycles. The van der Waals surface area contributed by atoms with E-state index in [1.807, 2.05) is 47.3 Å². The predicted molar refractivity (Wildman–Crippen MR) is 236 cm³/mol. The molecular formula is C51H28BF24NO3. The van der Waals surface area contributed by atoms with E-state index in [1.54, 1.807) is 24.3 Å². The first-order valence-corrected chi connectivity index (χ1v) is 21.9. The molecule has 0 radical (unpaired) electrons. The number of aromatic nitrogens is 1. The quantitative estimate of drug-likeness (QED) is 0.0501. The number of ketones is 1. The topological polar surface area (TPSA) is 47.3 Å². The Labute approximate surface area is 432 Å². The lowest BCUT2D eigenvalue weighted by molar-refractivity contribution is -0.681. The number of pyridine rings is 1. The molecule has 29 heteroatoms. The third kappa shape index (κ3) is 13.8. The molecule has 0 saturated heterocycles. The Balaban J connectivity index is 0.000000370. The van der Waals surface area contributed by atoms with Gasteiger partial charge in [0.05, 0.1) is 57.2 Å². The van der Waals surface area contributed by atoms with Crippen LogP contribution >= 0.6 is 0 Å². The molecule has 0 fully saturated rings. The van der Waals surface area contributed by atoms with Crippen LogP contribution in [0.5, 0.6) is 0 Å². The largest absolute Gasteiger partial charge is 0.465 e. The van der Waals surface area contributed by atoms with Crippen molar-refractivity contribution in [1.82, 2.24) is 0 Å². The van der Waals surface area contributed by atoms with Gasteiger partial charge in [0.25, 0.3) is 0 Å². The van der Waals surface area contributed by atoms with E-state index in [4.69, 9.17) is 0 Å². The van der Waals surface area contributed by atoms with Crippen molar-refractivity contribution in [2.45, 2.75) is 56.0 Å². The van der Waals surface area contributed by atoms with E-state index >= 15 is 0 Å². The molecule has 0 aliphatic carbocycles. The average molecular weight is 1170 g/mol. The Morgan fingerprint density at radius 2 is 0.637 bits per heavy atom. The summed E-state index contributed by atoms with van der Waals surface area (Å²) in [5, 5.41) is 2.22. The molecule has 0 aliphatic rings. The summed E-state index contributed by atoms with van der Waals surface area (Å²) in [5.41, 5.74) is -29.2. The normalized spacial score (nSPS) is 13.2. The number of fused-ring (bicyclic) bond motifs is 1. The zero-order valence-electron chi connectivity index (χ0n) is 39.3. The van der Waals surface area contributed by atoms with E-state index < -0.39 is 201 Å². The van der Waals surface area contributed by atoms with Crippen LogP contribution in [0.15, 0.2) is 140 Å². The first kappa shape index (κ1) is 61.5. The molecule has 7 rings (SSSR count). The second-order valence-electron chi connectivity index (χ2n) is 17.5. The minimum atomic E-state index is -6.13. The fourth-order valence-corrected chi connectivity index (χ4v) is 8.51. The Morgan fingerprint density at radius 3 is 0.900 bits per heavy atom. The van der Waals surface area contributed by atoms with Crippen molar-refractivity contribution in [3.05, 3.63) is 195 Å². The number of hydrogen-bond donors (Lipinski definition) is 0. The summed E-state index contributed by atoms with van der Waals surface area (Å²) in [4.78, 5) is 23.8. The monoisotopic (exact) mass is 1170 g/mol. The van der Waals surface area contributed by atoms with Crippen molar-refractivity contribution in [3.8, 4) is 0 Å². The van der Waals surface area contributed by atoms with Crippen LogP contribution in [-0.2, 0) is 60.7 Å². The van der Waals surface area contributed by atoms with Crippen molar-refractivity contribution < 1.29 is 124 Å². The van der Waals surface area contributed by atoms with Crippen molar-refractivity contribution in [1.29, 1.82) is 0 Å². The van der Waals surface area contributed by atoms with Crippen LogP contribution < -0.4 is 26.4 Å². The van der Waals surface area contributed by atoms with Gasteiger partial charge in [0.2, 0.25) is 12.3 Å². The number of carbonyl (C=O) groups excluding carboxylic acids is 2. The maximum atomic E-state index is 14.2. The van der Waals surface area contributed by atoms with Crippen molar-refractivity contribution in [3.63, 3.8) is 0 Å². The fourth-order valence-electron chi connectivity index (χ4n) is 8.51. The minimum Gasteiger partial charge on any atom is -0.465 e. The first-order valence-electron chi connectivity index (χ1n) is 21.9. The number of esters is 1. The maximum absolute atomic E-state index is 14.2. The van der Waals surface area contributed by atoms with Crippen LogP contribution in [0.3, 0.4) is 0 Å². The highest BCUT2D eigenvalue weighted by Crippen LogP contribution is 2.41. The first-order chi connectivity index (χ1) is 36.4. The summed E-state index contributed by atoms with van der Waals surface area (Å²) < 4.78 is 347. The summed E-state index contributed by atoms with van der Waals surface area (Å²) in [6, 6.07) is 7.69. The number of methoxy groups -OCH3 is 1. The number of rotatable bonds is 8. The molecule has 4 nitrogen and oxygen atoms in total. The number of nitrogens with zero attached hydrogens (tertiary/aromatic N) is 1. The molecule has 0 saturated carbocycles. The molecule has 0 bridgehead atoms. The van der Waals surface area contributed by atoms with E-state index in [-0.39, 0.29) is 12.3 Å². The Hall–Kier alpha value is -7.75. The fraction of sp³-hybridized carbons (Fsp3) is 0.196. The number of carbonyl (C=O) groups is 2. The summed E-state index contributed by atoms with van der Waals surface area (Å²) in [6.07, 6.45) is -51.0. The lowest BCUT2D eigenvalue weighted by atomic mass is 9.12. The van der Waals surface area contributed by atoms with E-state index in [9.17, 15) is 115 Å². The van der Waals surface area contributed by atoms with E-state index in [0.717, 1.165) is 10.8 Å². The van der Waals surface area contributed by atoms with Gasteiger partial charge < -0.3 is 4.74 Å². The van der Waals surface area contributed by atoms with Crippen LogP contribution in [0.4, 0.5) is 105 Å². The highest BCUT2D eigenvalue weighted by Gasteiger charge is 2.47. The average Bonchev–Trinajstić information content (AvgIpc) is 3.34. The van der Waals surface area contributed by atoms with Gasteiger partial charge in [0.15, 0.2) is 12.4 Å². The second kappa shape index (κ2) is 21.4. The highest BCUT2D eigenvalue weighted by molar-refractivity contribution is 7.20. The molecule has 1 aromatic heterocycles. The van der Waals surface area contributed by atoms with Crippen LogP contribution in [0, 0.1) is 0 Å². The number of benzene rings is 6. The third-order valence-electron chi connectivity index (χ3n) is 12.1. The van der Waals surface area contributed by atoms with Crippen LogP contribution in [0.25, 0.3) is 10.8 Å². The molecule has 426 valence electrons. The Kier molecular flexibility index (Phi) is 16.4. The molecule has 0 N–H and O–H groups in total. The van der Waals surface area contributed by atoms with Gasteiger partial charge in [-0.15, -0.1) is 0 Å². The number of alkyl halides is 24. The number of ether oxygens (including phenoxy) is 1. The third-order valence-corrected chi connectivity index (χ3v) is 12.1. The summed E-state index contributed by atoms with van der Waals surface area (Å²) in [5.74, 6) is -0.422. The van der Waals surface area contributed by atoms with Gasteiger partial charge in [-0.1, -0.05) is 78.9 Å². The zero-order valence-corrected chi connectivity index (χ0v) is 39.3. The van der Waals surface area contributed by atoms with Crippen molar-refractivity contribution in [2.24, 2.45) is 0 Å². The SMILES string of the molecule is COC(=O)c1ccc(C(=O)C[n+]2ccc3ccccc3c2)cc1.FC(F)(F)c1cc([B-](c2cc(C(F)(F)F)cc(C(F)(F)F)c2)(c2cc(C(F)(F)F)cc(C(F)(F)F)c2)c2cc(C(F)(F)F)cc(C(F)(F)F)c2)cc(C(F)(F)F)c1. The lowest BCUT2D eigenvalue weighted by Gasteiger charge is -2.46. The minimum absolute atomic E-state index is 0.0123. The van der Waals surface area contributed by atoms with Gasteiger partial charge in [-0.2, -0.15) is 132 Å². The zero-order chi connectivity index (χ0) is 60.1. The summed E-state index contributed by atoms with van der Waals surface area (Å²) in [6.45, 7) is 0.252. The molecule has 0 spiro atoms. The van der Waals surface area contributed by atoms with Gasteiger partial charge in [-0.25, -0.2) is 4.79 Å². The van der Waals surface area contributed by atoms with E-state index in [0.29, 0.717) is 11.1 Å². The van der Waals surface area contributed by atoms with Crippen LogP contribution in [-0.4, -0.2) is 25.0 Å². The van der Waals surface area contributed by atoms with Gasteiger partial charge >= 0.3 is 55.4 Å². The lowest BCUT2D eigenvalue weighted by Crippen LogP contribution is -2.75. The van der Waals surface area contributed by atoms with Gasteiger partial charge in [0, 0.05) is 17.0 Å². The van der Waals surface area contributed by atoms with Crippen molar-refractivity contribution in [2.75, 3.05) is 7.11 Å². The molecule has 0 aliphatic heterocycles. The number of hydrogen-bond acceptors (Lipinski definition) is 3. The predicted octanol–water partition coefficient (Wildman–Crippen LogP) is 14.0. The molecule has 6 aromatic carbocycles. The number of Topliss-reactive ketones (excluding diaryl/α,β-unsaturated/α-hetero) is 1. The molecule has 0 unspecified atom stereocenters. The highest BCUT2D eigenvalue weighted by atomic mass is 19.4. The van der Waals surface area contributed by atoms with Crippen LogP contribution in [0.2, 0.25) is 0 Å². The molecular weight excluding hydrogens is 1140 g/mol. The smallest absolute Gasteiger partial charge is 0.416 e. The Bertz CT molecular complexity index is 3000. The van der Waals surface area contributed by atoms with E-state index in [2.05, 4.69) is 4.74 Å². The van der Waals surface area contributed by atoms with Gasteiger partial charge in [-0.3, -0.25) is 4.79 Å². The Morgan fingerprint density at radius 1 is 0.375 bits per heavy atom. The second-order valence-corrected chi connectivity index (χ2v) is 17.5. The summed E-state index contributed by atoms with van der Waals surface area (Å²) >= 11 is 0. The summed E-state index contributed by atoms with van der Waals surface area (Å²) in [7, 11) is 1.33. The van der Waals surface area contributed by atoms with Crippen LogP contribution in [0.1, 0.15) is 65.2 Å². The molecule has 0 amide bonds. The standard InChI is InChI=1S/C32H12BF24.C19H16NO3/c34-25(35,36)13-1-14(26(37,38)39)6-21(5-13)33(22-7-15(27(40,41)42)2-16(8-22)28(43,44)45,23-9-17(29(46,47)48)3-18(10-23)30(49,50)51)24-11-19(31(52,53)54)4-20(12-24)32(55,56)57;1-23-19(22)16-8-6-15(7-9-16)18(21)13-20-11-10-14-4-2-3-5-17(14)12-20/h1-12H;2-12H,13H2,1H3/q-1;+1. The van der Waals surface area contributed by atoms with Gasteiger partial charge in [0.1, 0.15) is 6.15 Å². The van der Waals surface area contributed by atoms with E-state index in [1.165, 1.54) is 7.11 Å². The molecule has 7 aromatic rings. The maximum Gasteiger partial charge on any atom is 0.416 e. The molecule has 80 heavy (non-hydrogen) atoms.